The third kappa shape index (κ3) is 2.21. The zero-order valence-corrected chi connectivity index (χ0v) is 10.6. The van der Waals surface area contributed by atoms with Crippen LogP contribution in [0.1, 0.15) is 46.5 Å². The van der Waals surface area contributed by atoms with Crippen molar-refractivity contribution in [2.75, 3.05) is 19.6 Å². The molecule has 1 aliphatic heterocycles. The van der Waals surface area contributed by atoms with Crippen molar-refractivity contribution in [2.45, 2.75) is 52.0 Å². The average molecular weight is 210 g/mol. The van der Waals surface area contributed by atoms with Crippen molar-refractivity contribution in [2.24, 2.45) is 17.1 Å². The summed E-state index contributed by atoms with van der Waals surface area (Å²) in [5, 5.41) is 0. The van der Waals surface area contributed by atoms with Crippen LogP contribution in [0.25, 0.3) is 0 Å². The molecule has 1 saturated carbocycles. The Balaban J connectivity index is 2.07. The van der Waals surface area contributed by atoms with Gasteiger partial charge in [0.25, 0.3) is 0 Å². The Hall–Kier alpha value is -0.0800. The van der Waals surface area contributed by atoms with E-state index in [-0.39, 0.29) is 5.54 Å². The first-order chi connectivity index (χ1) is 6.98. The highest BCUT2D eigenvalue weighted by Gasteiger charge is 2.46. The number of likely N-dealkylation sites (tertiary alicyclic amines) is 1. The fraction of sp³-hybridized carbons (Fsp3) is 1.00. The second-order valence-electron chi connectivity index (χ2n) is 6.52. The molecule has 2 nitrogen and oxygen atoms in total. The van der Waals surface area contributed by atoms with Gasteiger partial charge >= 0.3 is 0 Å². The van der Waals surface area contributed by atoms with E-state index in [1.54, 1.807) is 0 Å². The summed E-state index contributed by atoms with van der Waals surface area (Å²) in [6.45, 7) is 10.5. The van der Waals surface area contributed by atoms with Gasteiger partial charge < -0.3 is 5.73 Å². The molecule has 2 N–H and O–H groups in total. The topological polar surface area (TPSA) is 29.3 Å². The molecule has 88 valence electrons. The second-order valence-corrected chi connectivity index (χ2v) is 6.52. The normalized spacial score (nSPS) is 31.2. The Morgan fingerprint density at radius 3 is 2.53 bits per heavy atom. The maximum Gasteiger partial charge on any atom is 0.0331 e. The van der Waals surface area contributed by atoms with Crippen LogP contribution in [0.15, 0.2) is 0 Å². The van der Waals surface area contributed by atoms with E-state index in [0.29, 0.717) is 5.41 Å². The lowest BCUT2D eigenvalue weighted by Crippen LogP contribution is -2.58. The van der Waals surface area contributed by atoms with Crippen molar-refractivity contribution in [3.63, 3.8) is 0 Å². The van der Waals surface area contributed by atoms with Crippen LogP contribution in [0, 0.1) is 11.3 Å². The van der Waals surface area contributed by atoms with E-state index in [1.807, 2.05) is 0 Å². The van der Waals surface area contributed by atoms with Gasteiger partial charge in [-0.05, 0) is 50.5 Å². The Labute approximate surface area is 94.2 Å². The molecule has 2 heteroatoms. The van der Waals surface area contributed by atoms with Gasteiger partial charge in [-0.15, -0.1) is 0 Å². The molecule has 0 amide bonds. The number of nitrogens with zero attached hydrogens (tertiary/aromatic N) is 1. The van der Waals surface area contributed by atoms with Crippen LogP contribution in [0.3, 0.4) is 0 Å². The minimum Gasteiger partial charge on any atom is -0.329 e. The van der Waals surface area contributed by atoms with Gasteiger partial charge in [-0.1, -0.05) is 13.8 Å². The molecule has 1 heterocycles. The quantitative estimate of drug-likeness (QED) is 0.774. The predicted molar refractivity (Wildman–Crippen MR) is 64.8 cm³/mol. The predicted octanol–water partition coefficient (Wildman–Crippen LogP) is 2.24. The molecule has 0 aromatic rings. The molecule has 1 aliphatic carbocycles. The number of hydrogen-bond donors (Lipinski definition) is 1. The highest BCUT2D eigenvalue weighted by atomic mass is 15.2. The fourth-order valence-corrected chi connectivity index (χ4v) is 3.12. The smallest absolute Gasteiger partial charge is 0.0331 e. The van der Waals surface area contributed by atoms with Gasteiger partial charge in [-0.25, -0.2) is 0 Å². The average Bonchev–Trinajstić information content (AvgIpc) is 2.98. The van der Waals surface area contributed by atoms with Gasteiger partial charge in [0.15, 0.2) is 0 Å². The molecule has 0 spiro atoms. The lowest BCUT2D eigenvalue weighted by Gasteiger charge is -2.48. The third-order valence-corrected chi connectivity index (χ3v) is 4.49. The van der Waals surface area contributed by atoms with E-state index in [4.69, 9.17) is 5.73 Å². The van der Waals surface area contributed by atoms with Gasteiger partial charge in [0.2, 0.25) is 0 Å². The van der Waals surface area contributed by atoms with Crippen molar-refractivity contribution >= 4 is 0 Å². The molecular weight excluding hydrogens is 184 g/mol. The first-order valence-corrected chi connectivity index (χ1v) is 6.43. The first kappa shape index (κ1) is 11.4. The van der Waals surface area contributed by atoms with Gasteiger partial charge in [-0.3, -0.25) is 4.90 Å². The maximum atomic E-state index is 6.03. The molecule has 15 heavy (non-hydrogen) atoms. The highest BCUT2D eigenvalue weighted by Crippen LogP contribution is 2.45. The van der Waals surface area contributed by atoms with E-state index >= 15 is 0 Å². The van der Waals surface area contributed by atoms with Gasteiger partial charge in [0.05, 0.1) is 0 Å². The van der Waals surface area contributed by atoms with Crippen LogP contribution >= 0.6 is 0 Å². The summed E-state index contributed by atoms with van der Waals surface area (Å²) in [6.07, 6.45) is 5.50. The summed E-state index contributed by atoms with van der Waals surface area (Å²) in [5.74, 6) is 0.872. The monoisotopic (exact) mass is 210 g/mol. The summed E-state index contributed by atoms with van der Waals surface area (Å²) in [7, 11) is 0. The van der Waals surface area contributed by atoms with Crippen LogP contribution in [-0.2, 0) is 0 Å². The molecule has 1 atom stereocenters. The van der Waals surface area contributed by atoms with E-state index < -0.39 is 0 Å². The van der Waals surface area contributed by atoms with E-state index in [1.165, 1.54) is 38.8 Å². The van der Waals surface area contributed by atoms with Gasteiger partial charge in [0, 0.05) is 18.6 Å². The summed E-state index contributed by atoms with van der Waals surface area (Å²) in [6, 6.07) is 0. The number of hydrogen-bond acceptors (Lipinski definition) is 2. The molecule has 1 unspecified atom stereocenters. The van der Waals surface area contributed by atoms with Crippen molar-refractivity contribution < 1.29 is 0 Å². The Morgan fingerprint density at radius 2 is 2.07 bits per heavy atom. The number of rotatable bonds is 3. The van der Waals surface area contributed by atoms with Crippen LogP contribution in [0.2, 0.25) is 0 Å². The SMILES string of the molecule is CC1(C)CCCN(C(C)(CN)C2CC2)C1. The second kappa shape index (κ2) is 3.74. The van der Waals surface area contributed by atoms with Crippen molar-refractivity contribution in [3.8, 4) is 0 Å². The zero-order chi connectivity index (χ0) is 11.1. The Morgan fingerprint density at radius 1 is 1.40 bits per heavy atom. The minimum atomic E-state index is 0.289. The maximum absolute atomic E-state index is 6.03. The van der Waals surface area contributed by atoms with Crippen LogP contribution in [0.5, 0.6) is 0 Å². The van der Waals surface area contributed by atoms with Crippen LogP contribution in [-0.4, -0.2) is 30.1 Å². The highest BCUT2D eigenvalue weighted by molar-refractivity contribution is 5.02. The summed E-state index contributed by atoms with van der Waals surface area (Å²) >= 11 is 0. The van der Waals surface area contributed by atoms with Crippen molar-refractivity contribution in [1.82, 2.24) is 4.90 Å². The van der Waals surface area contributed by atoms with Gasteiger partial charge in [-0.2, -0.15) is 0 Å². The van der Waals surface area contributed by atoms with E-state index in [9.17, 15) is 0 Å². The van der Waals surface area contributed by atoms with Crippen LogP contribution < -0.4 is 5.73 Å². The molecule has 0 radical (unpaired) electrons. The molecule has 0 aromatic heterocycles. The Bertz CT molecular complexity index is 233. The zero-order valence-electron chi connectivity index (χ0n) is 10.6. The van der Waals surface area contributed by atoms with E-state index in [2.05, 4.69) is 25.7 Å². The largest absolute Gasteiger partial charge is 0.329 e. The number of nitrogens with two attached hydrogens (primary N) is 1. The summed E-state index contributed by atoms with van der Waals surface area (Å²) in [5.41, 5.74) is 6.80. The number of piperidine rings is 1. The standard InChI is InChI=1S/C13H26N2/c1-12(2)7-4-8-15(10-12)13(3,9-14)11-5-6-11/h11H,4-10,14H2,1-3H3. The lowest BCUT2D eigenvalue weighted by atomic mass is 9.80. The minimum absolute atomic E-state index is 0.289. The first-order valence-electron chi connectivity index (χ1n) is 6.43. The van der Waals surface area contributed by atoms with Crippen LogP contribution in [0.4, 0.5) is 0 Å². The molecule has 0 aromatic carbocycles. The molecule has 0 bridgehead atoms. The fourth-order valence-electron chi connectivity index (χ4n) is 3.12. The lowest BCUT2D eigenvalue weighted by molar-refractivity contribution is 0.0157. The Kier molecular flexibility index (Phi) is 2.85. The van der Waals surface area contributed by atoms with Crippen molar-refractivity contribution in [1.29, 1.82) is 0 Å². The molecule has 2 aliphatic rings. The molecular formula is C13H26N2. The summed E-state index contributed by atoms with van der Waals surface area (Å²) < 4.78 is 0. The summed E-state index contributed by atoms with van der Waals surface area (Å²) in [4.78, 5) is 2.67. The van der Waals surface area contributed by atoms with Gasteiger partial charge in [0.1, 0.15) is 0 Å². The molecule has 1 saturated heterocycles. The van der Waals surface area contributed by atoms with E-state index in [0.717, 1.165) is 12.5 Å². The van der Waals surface area contributed by atoms with Crippen molar-refractivity contribution in [3.05, 3.63) is 0 Å². The third-order valence-electron chi connectivity index (χ3n) is 4.49. The molecule has 2 fully saturated rings. The molecule has 2 rings (SSSR count).